The smallest absolute Gasteiger partial charge is 0.238 e. The van der Waals surface area contributed by atoms with Crippen LogP contribution in [-0.2, 0) is 11.2 Å². The summed E-state index contributed by atoms with van der Waals surface area (Å²) in [5, 5.41) is 2.93. The zero-order valence-electron chi connectivity index (χ0n) is 12.1. The average molecular weight is 291 g/mol. The fraction of sp³-hybridized carbons (Fsp3) is 0.562. The Morgan fingerprint density at radius 2 is 2.05 bits per heavy atom. The van der Waals surface area contributed by atoms with Crippen molar-refractivity contribution in [3.05, 3.63) is 35.6 Å². The summed E-state index contributed by atoms with van der Waals surface area (Å²) < 4.78 is 13.5. The third kappa shape index (κ3) is 3.24. The van der Waals surface area contributed by atoms with Gasteiger partial charge in [-0.2, -0.15) is 0 Å². The molecule has 1 aromatic carbocycles. The van der Waals surface area contributed by atoms with Gasteiger partial charge in [0.2, 0.25) is 5.91 Å². The number of nitrogens with one attached hydrogen (secondary N) is 3. The Morgan fingerprint density at radius 1 is 1.24 bits per heavy atom. The number of amides is 1. The Bertz CT molecular complexity index is 508. The van der Waals surface area contributed by atoms with Crippen LogP contribution in [0, 0.1) is 11.7 Å². The van der Waals surface area contributed by atoms with E-state index >= 15 is 0 Å². The second-order valence-corrected chi connectivity index (χ2v) is 5.95. The number of carbonyl (C=O) groups is 1. The van der Waals surface area contributed by atoms with Crippen molar-refractivity contribution < 1.29 is 9.18 Å². The lowest BCUT2D eigenvalue weighted by molar-refractivity contribution is -0.123. The molecule has 0 spiro atoms. The number of rotatable bonds is 4. The maximum absolute atomic E-state index is 13.5. The molecule has 1 aliphatic carbocycles. The van der Waals surface area contributed by atoms with E-state index in [0.29, 0.717) is 30.5 Å². The van der Waals surface area contributed by atoms with Gasteiger partial charge in [-0.1, -0.05) is 31.0 Å². The van der Waals surface area contributed by atoms with Crippen molar-refractivity contribution in [2.45, 2.75) is 44.2 Å². The van der Waals surface area contributed by atoms with Gasteiger partial charge in [0, 0.05) is 18.5 Å². The molecule has 0 aromatic heterocycles. The molecule has 1 aliphatic heterocycles. The molecule has 2 aliphatic rings. The van der Waals surface area contributed by atoms with Crippen LogP contribution in [0.15, 0.2) is 24.3 Å². The topological polar surface area (TPSA) is 53.2 Å². The van der Waals surface area contributed by atoms with Gasteiger partial charge in [0.15, 0.2) is 0 Å². The highest BCUT2D eigenvalue weighted by atomic mass is 19.1. The van der Waals surface area contributed by atoms with Crippen LogP contribution in [0.3, 0.4) is 0 Å². The van der Waals surface area contributed by atoms with Crippen molar-refractivity contribution in [3.63, 3.8) is 0 Å². The van der Waals surface area contributed by atoms with Gasteiger partial charge in [0.05, 0.1) is 0 Å². The van der Waals surface area contributed by atoms with Crippen LogP contribution in [0.4, 0.5) is 4.39 Å². The van der Waals surface area contributed by atoms with Crippen LogP contribution in [0.5, 0.6) is 0 Å². The van der Waals surface area contributed by atoms with Gasteiger partial charge in [-0.15, -0.1) is 0 Å². The van der Waals surface area contributed by atoms with E-state index in [9.17, 15) is 9.18 Å². The monoisotopic (exact) mass is 291 g/mol. The minimum atomic E-state index is -0.209. The first-order chi connectivity index (χ1) is 10.3. The Balaban J connectivity index is 1.49. The first-order valence-electron chi connectivity index (χ1n) is 7.78. The summed E-state index contributed by atoms with van der Waals surface area (Å²) in [6.07, 6.45) is 5.18. The zero-order chi connectivity index (χ0) is 14.7. The van der Waals surface area contributed by atoms with Gasteiger partial charge in [0.1, 0.15) is 11.9 Å². The highest BCUT2D eigenvalue weighted by Gasteiger charge is 2.40. The Hall–Kier alpha value is -1.46. The molecule has 114 valence electrons. The summed E-state index contributed by atoms with van der Waals surface area (Å²) in [4.78, 5) is 12.3. The first kappa shape index (κ1) is 14.5. The fourth-order valence-corrected chi connectivity index (χ4v) is 3.43. The molecule has 1 saturated carbocycles. The molecule has 0 radical (unpaired) electrons. The number of hydrogen-bond acceptors (Lipinski definition) is 3. The maximum Gasteiger partial charge on any atom is 0.238 e. The highest BCUT2D eigenvalue weighted by molar-refractivity contribution is 5.82. The molecule has 3 atom stereocenters. The Kier molecular flexibility index (Phi) is 4.51. The number of fused-ring (bicyclic) bond motifs is 1. The van der Waals surface area contributed by atoms with E-state index in [2.05, 4.69) is 16.2 Å². The molecular formula is C16H22FN3O. The normalized spacial score (nSPS) is 28.1. The molecule has 3 rings (SSSR count). The van der Waals surface area contributed by atoms with Crippen molar-refractivity contribution in [1.29, 1.82) is 0 Å². The van der Waals surface area contributed by atoms with Crippen LogP contribution in [0.2, 0.25) is 0 Å². The summed E-state index contributed by atoms with van der Waals surface area (Å²) in [5.74, 6) is 0.195. The van der Waals surface area contributed by atoms with Gasteiger partial charge in [-0.25, -0.2) is 9.82 Å². The molecular weight excluding hydrogens is 269 g/mol. The summed E-state index contributed by atoms with van der Waals surface area (Å²) in [6.45, 7) is 0.468. The van der Waals surface area contributed by atoms with E-state index < -0.39 is 0 Å². The Morgan fingerprint density at radius 3 is 2.90 bits per heavy atom. The number of halogens is 1. The molecule has 4 nitrogen and oxygen atoms in total. The number of hydrazine groups is 1. The van der Waals surface area contributed by atoms with E-state index in [-0.39, 0.29) is 17.8 Å². The molecule has 1 amide bonds. The van der Waals surface area contributed by atoms with Crippen LogP contribution < -0.4 is 16.2 Å². The van der Waals surface area contributed by atoms with E-state index in [4.69, 9.17) is 0 Å². The summed E-state index contributed by atoms with van der Waals surface area (Å²) in [6, 6.07) is 6.96. The maximum atomic E-state index is 13.5. The van der Waals surface area contributed by atoms with Gasteiger partial charge >= 0.3 is 0 Å². The zero-order valence-corrected chi connectivity index (χ0v) is 12.1. The summed E-state index contributed by atoms with van der Waals surface area (Å²) >= 11 is 0. The van der Waals surface area contributed by atoms with E-state index in [0.717, 1.165) is 12.8 Å². The molecule has 3 unspecified atom stereocenters. The van der Waals surface area contributed by atoms with Crippen LogP contribution >= 0.6 is 0 Å². The van der Waals surface area contributed by atoms with E-state index in [1.165, 1.54) is 18.9 Å². The van der Waals surface area contributed by atoms with Crippen molar-refractivity contribution in [2.24, 2.45) is 5.92 Å². The standard InChI is InChI=1S/C16H22FN3O/c17-13-7-3-1-5-11(13)9-10-18-16(21)15-12-6-2-4-8-14(12)19-20-15/h1,3,5,7,12,14-15,19-20H,2,4,6,8-10H2,(H,18,21). The Labute approximate surface area is 124 Å². The third-order valence-corrected chi connectivity index (χ3v) is 4.61. The first-order valence-corrected chi connectivity index (χ1v) is 7.78. The second-order valence-electron chi connectivity index (χ2n) is 5.95. The van der Waals surface area contributed by atoms with Crippen molar-refractivity contribution >= 4 is 5.91 Å². The minimum absolute atomic E-state index is 0.0215. The molecule has 5 heteroatoms. The van der Waals surface area contributed by atoms with Gasteiger partial charge in [-0.3, -0.25) is 10.2 Å². The van der Waals surface area contributed by atoms with Gasteiger partial charge in [0.25, 0.3) is 0 Å². The van der Waals surface area contributed by atoms with Crippen molar-refractivity contribution in [3.8, 4) is 0 Å². The minimum Gasteiger partial charge on any atom is -0.354 e. The number of carbonyl (C=O) groups excluding carboxylic acids is 1. The molecule has 1 heterocycles. The SMILES string of the molecule is O=C(NCCc1ccccc1F)C1NNC2CCCCC21. The predicted molar refractivity (Wildman–Crippen MR) is 78.9 cm³/mol. The fourth-order valence-electron chi connectivity index (χ4n) is 3.43. The lowest BCUT2D eigenvalue weighted by Crippen LogP contribution is -2.46. The third-order valence-electron chi connectivity index (χ3n) is 4.61. The van der Waals surface area contributed by atoms with E-state index in [1.807, 2.05) is 6.07 Å². The van der Waals surface area contributed by atoms with Crippen LogP contribution in [0.1, 0.15) is 31.2 Å². The predicted octanol–water partition coefficient (Wildman–Crippen LogP) is 1.52. The van der Waals surface area contributed by atoms with Crippen molar-refractivity contribution in [2.75, 3.05) is 6.54 Å². The molecule has 21 heavy (non-hydrogen) atoms. The van der Waals surface area contributed by atoms with Crippen molar-refractivity contribution in [1.82, 2.24) is 16.2 Å². The number of hydrogen-bond donors (Lipinski definition) is 3. The molecule has 1 saturated heterocycles. The average Bonchev–Trinajstić information content (AvgIpc) is 2.93. The van der Waals surface area contributed by atoms with Gasteiger partial charge < -0.3 is 5.32 Å². The summed E-state index contributed by atoms with van der Waals surface area (Å²) in [7, 11) is 0. The molecule has 0 bridgehead atoms. The summed E-state index contributed by atoms with van der Waals surface area (Å²) in [5.41, 5.74) is 7.00. The second kappa shape index (κ2) is 6.54. The molecule has 1 aromatic rings. The highest BCUT2D eigenvalue weighted by Crippen LogP contribution is 2.30. The molecule has 3 N–H and O–H groups in total. The van der Waals surface area contributed by atoms with Crippen LogP contribution in [0.25, 0.3) is 0 Å². The lowest BCUT2D eigenvalue weighted by atomic mass is 9.81. The lowest BCUT2D eigenvalue weighted by Gasteiger charge is -2.26. The number of benzene rings is 1. The quantitative estimate of drug-likeness (QED) is 0.788. The molecule has 2 fully saturated rings. The van der Waals surface area contributed by atoms with E-state index in [1.54, 1.807) is 12.1 Å². The van der Waals surface area contributed by atoms with Gasteiger partial charge in [-0.05, 0) is 30.9 Å². The largest absolute Gasteiger partial charge is 0.354 e. The van der Waals surface area contributed by atoms with Crippen LogP contribution in [-0.4, -0.2) is 24.5 Å².